The molecule has 18 heavy (non-hydrogen) atoms. The lowest BCUT2D eigenvalue weighted by atomic mass is 10.2. The summed E-state index contributed by atoms with van der Waals surface area (Å²) in [7, 11) is 0. The average Bonchev–Trinajstić information content (AvgIpc) is 2.78. The Morgan fingerprint density at radius 1 is 1.28 bits per heavy atom. The van der Waals surface area contributed by atoms with Crippen LogP contribution in [0.25, 0.3) is 16.7 Å². The van der Waals surface area contributed by atoms with Gasteiger partial charge in [0, 0.05) is 6.07 Å². The summed E-state index contributed by atoms with van der Waals surface area (Å²) in [6, 6.07) is 8.77. The first-order valence-electron chi connectivity index (χ1n) is 5.40. The number of aryl methyl sites for hydroxylation is 1. The summed E-state index contributed by atoms with van der Waals surface area (Å²) in [4.78, 5) is 3.95. The van der Waals surface area contributed by atoms with E-state index in [2.05, 4.69) is 15.3 Å². The first-order valence-corrected chi connectivity index (χ1v) is 5.40. The molecular weight excluding hydrogens is 233 g/mol. The molecule has 2 N–H and O–H groups in total. The van der Waals surface area contributed by atoms with Crippen molar-refractivity contribution in [1.29, 1.82) is 0 Å². The van der Waals surface area contributed by atoms with Crippen molar-refractivity contribution in [2.45, 2.75) is 6.92 Å². The average molecular weight is 243 g/mol. The maximum Gasteiger partial charge on any atom is 0.167 e. The fourth-order valence-electron chi connectivity index (χ4n) is 1.85. The molecule has 0 unspecified atom stereocenters. The molecule has 0 amide bonds. The van der Waals surface area contributed by atoms with Crippen molar-refractivity contribution in [3.63, 3.8) is 0 Å². The van der Waals surface area contributed by atoms with Gasteiger partial charge in [-0.05, 0) is 19.1 Å². The highest BCUT2D eigenvalue weighted by Crippen LogP contribution is 2.20. The van der Waals surface area contributed by atoms with E-state index in [4.69, 9.17) is 5.73 Å². The summed E-state index contributed by atoms with van der Waals surface area (Å²) in [6.07, 6.45) is 0. The lowest BCUT2D eigenvalue weighted by Gasteiger charge is -2.07. The summed E-state index contributed by atoms with van der Waals surface area (Å²) in [5, 5.41) is 8.04. The molecule has 5 nitrogen and oxygen atoms in total. The van der Waals surface area contributed by atoms with E-state index in [-0.39, 0.29) is 5.82 Å². The van der Waals surface area contributed by atoms with Gasteiger partial charge in [-0.2, -0.15) is 0 Å². The van der Waals surface area contributed by atoms with Crippen LogP contribution in [0.1, 0.15) is 5.69 Å². The third-order valence-corrected chi connectivity index (χ3v) is 2.75. The van der Waals surface area contributed by atoms with Crippen molar-refractivity contribution in [3.05, 3.63) is 41.8 Å². The maximum atomic E-state index is 13.5. The minimum Gasteiger partial charge on any atom is -0.381 e. The lowest BCUT2D eigenvalue weighted by molar-refractivity contribution is 0.622. The van der Waals surface area contributed by atoms with E-state index < -0.39 is 5.82 Å². The van der Waals surface area contributed by atoms with E-state index in [0.717, 1.165) is 11.0 Å². The summed E-state index contributed by atoms with van der Waals surface area (Å²) in [6.45, 7) is 1.75. The van der Waals surface area contributed by atoms with Crippen LogP contribution in [0.2, 0.25) is 0 Å². The molecule has 3 aromatic rings. The molecule has 2 aromatic heterocycles. The van der Waals surface area contributed by atoms with Crippen molar-refractivity contribution in [2.24, 2.45) is 0 Å². The number of halogens is 1. The molecule has 0 fully saturated rings. The zero-order valence-electron chi connectivity index (χ0n) is 9.63. The fraction of sp³-hybridized carbons (Fsp3) is 0.0833. The third-order valence-electron chi connectivity index (χ3n) is 2.75. The molecule has 0 radical (unpaired) electrons. The summed E-state index contributed by atoms with van der Waals surface area (Å²) in [5.74, 6) is -0.671. The molecule has 0 atom stereocenters. The summed E-state index contributed by atoms with van der Waals surface area (Å²) >= 11 is 0. The second-order valence-corrected chi connectivity index (χ2v) is 3.95. The first-order chi connectivity index (χ1) is 8.66. The van der Waals surface area contributed by atoms with Gasteiger partial charge in [0.1, 0.15) is 5.52 Å². The molecule has 0 saturated heterocycles. The quantitative estimate of drug-likeness (QED) is 0.708. The van der Waals surface area contributed by atoms with Crippen LogP contribution >= 0.6 is 0 Å². The van der Waals surface area contributed by atoms with Crippen molar-refractivity contribution >= 4 is 16.9 Å². The second kappa shape index (κ2) is 3.76. The van der Waals surface area contributed by atoms with Crippen molar-refractivity contribution in [2.75, 3.05) is 5.73 Å². The Morgan fingerprint density at radius 2 is 2.06 bits per heavy atom. The number of hydrogen-bond donors (Lipinski definition) is 1. The topological polar surface area (TPSA) is 69.6 Å². The van der Waals surface area contributed by atoms with Gasteiger partial charge < -0.3 is 5.73 Å². The Morgan fingerprint density at radius 3 is 2.89 bits per heavy atom. The Balaban J connectivity index is 2.29. The predicted octanol–water partition coefficient (Wildman–Crippen LogP) is 1.85. The van der Waals surface area contributed by atoms with Gasteiger partial charge in [-0.1, -0.05) is 17.3 Å². The molecule has 90 valence electrons. The normalized spacial score (nSPS) is 11.0. The minimum atomic E-state index is -0.560. The zero-order valence-corrected chi connectivity index (χ0v) is 9.63. The van der Waals surface area contributed by atoms with Gasteiger partial charge >= 0.3 is 0 Å². The number of fused-ring (bicyclic) bond motifs is 1. The van der Waals surface area contributed by atoms with Crippen molar-refractivity contribution < 1.29 is 4.39 Å². The molecule has 0 aliphatic heterocycles. The van der Waals surface area contributed by atoms with E-state index in [0.29, 0.717) is 11.4 Å². The fourth-order valence-corrected chi connectivity index (χ4v) is 1.85. The van der Waals surface area contributed by atoms with Crippen LogP contribution in [0, 0.1) is 12.7 Å². The van der Waals surface area contributed by atoms with Crippen LogP contribution in [0.4, 0.5) is 10.2 Å². The van der Waals surface area contributed by atoms with Gasteiger partial charge in [-0.15, -0.1) is 5.10 Å². The summed E-state index contributed by atoms with van der Waals surface area (Å²) in [5.41, 5.74) is 8.11. The van der Waals surface area contributed by atoms with E-state index in [1.54, 1.807) is 11.6 Å². The van der Waals surface area contributed by atoms with Crippen LogP contribution in [0.5, 0.6) is 0 Å². The standard InChI is InChI=1S/C12H10FN5/c1-7-11(6-8(13)12(14)15-7)18-10-5-3-2-4-9(10)16-17-18/h2-6H,1H3,(H2,14,15). The van der Waals surface area contributed by atoms with Crippen LogP contribution in [0.15, 0.2) is 30.3 Å². The molecule has 1 aromatic carbocycles. The van der Waals surface area contributed by atoms with Crippen LogP contribution in [-0.4, -0.2) is 20.0 Å². The SMILES string of the molecule is Cc1nc(N)c(F)cc1-n1nnc2ccccc21. The number of benzene rings is 1. The van der Waals surface area contributed by atoms with Crippen LogP contribution < -0.4 is 5.73 Å². The highest BCUT2D eigenvalue weighted by atomic mass is 19.1. The monoisotopic (exact) mass is 243 g/mol. The number of aromatic nitrogens is 4. The number of anilines is 1. The van der Waals surface area contributed by atoms with E-state index in [1.807, 2.05) is 24.3 Å². The molecular formula is C12H10FN5. The second-order valence-electron chi connectivity index (χ2n) is 3.95. The number of nitrogens with zero attached hydrogens (tertiary/aromatic N) is 4. The third kappa shape index (κ3) is 1.50. The molecule has 0 aliphatic rings. The van der Waals surface area contributed by atoms with Crippen molar-refractivity contribution in [1.82, 2.24) is 20.0 Å². The largest absolute Gasteiger partial charge is 0.381 e. The summed E-state index contributed by atoms with van der Waals surface area (Å²) < 4.78 is 15.1. The van der Waals surface area contributed by atoms with Crippen LogP contribution in [0.3, 0.4) is 0 Å². The Labute approximate surface area is 102 Å². The molecule has 0 saturated carbocycles. The number of nitrogen functional groups attached to an aromatic ring is 1. The highest BCUT2D eigenvalue weighted by molar-refractivity contribution is 5.76. The molecule has 2 heterocycles. The Hall–Kier alpha value is -2.50. The lowest BCUT2D eigenvalue weighted by Crippen LogP contribution is -2.05. The zero-order chi connectivity index (χ0) is 12.7. The van der Waals surface area contributed by atoms with E-state index >= 15 is 0 Å². The number of pyridine rings is 1. The Bertz CT molecular complexity index is 734. The van der Waals surface area contributed by atoms with E-state index in [1.165, 1.54) is 6.07 Å². The molecule has 6 heteroatoms. The Kier molecular flexibility index (Phi) is 2.22. The molecule has 0 spiro atoms. The molecule has 0 bridgehead atoms. The van der Waals surface area contributed by atoms with Gasteiger partial charge in [-0.25, -0.2) is 14.1 Å². The minimum absolute atomic E-state index is 0.110. The number of hydrogen-bond acceptors (Lipinski definition) is 4. The van der Waals surface area contributed by atoms with Gasteiger partial charge in [0.2, 0.25) is 0 Å². The number of rotatable bonds is 1. The van der Waals surface area contributed by atoms with E-state index in [9.17, 15) is 4.39 Å². The highest BCUT2D eigenvalue weighted by Gasteiger charge is 2.12. The van der Waals surface area contributed by atoms with Crippen molar-refractivity contribution in [3.8, 4) is 5.69 Å². The van der Waals surface area contributed by atoms with Gasteiger partial charge in [0.25, 0.3) is 0 Å². The van der Waals surface area contributed by atoms with Gasteiger partial charge in [0.15, 0.2) is 11.6 Å². The number of para-hydroxylation sites is 1. The maximum absolute atomic E-state index is 13.5. The molecule has 3 rings (SSSR count). The van der Waals surface area contributed by atoms with Crippen LogP contribution in [-0.2, 0) is 0 Å². The molecule has 0 aliphatic carbocycles. The smallest absolute Gasteiger partial charge is 0.167 e. The first kappa shape index (κ1) is 10.6. The van der Waals surface area contributed by atoms with Gasteiger partial charge in [0.05, 0.1) is 16.9 Å². The number of nitrogens with two attached hydrogens (primary N) is 1. The predicted molar refractivity (Wildman–Crippen MR) is 65.8 cm³/mol. The van der Waals surface area contributed by atoms with Gasteiger partial charge in [-0.3, -0.25) is 0 Å².